The maximum atomic E-state index is 6.11. The quantitative estimate of drug-likeness (QED) is 0.913. The first-order valence-electron chi connectivity index (χ1n) is 7.31. The summed E-state index contributed by atoms with van der Waals surface area (Å²) in [5.74, 6) is 0.867. The molecule has 3 heteroatoms. The number of piperazine rings is 1. The minimum Gasteiger partial charge on any atom is -0.311 e. The van der Waals surface area contributed by atoms with Crippen LogP contribution in [0, 0.1) is 5.92 Å². The summed E-state index contributed by atoms with van der Waals surface area (Å²) in [6, 6.07) is 8.86. The van der Waals surface area contributed by atoms with Crippen molar-refractivity contribution in [1.82, 2.24) is 10.2 Å². The Morgan fingerprint density at radius 3 is 2.89 bits per heavy atom. The Morgan fingerprint density at radius 1 is 1.42 bits per heavy atom. The summed E-state index contributed by atoms with van der Waals surface area (Å²) in [6.45, 7) is 7.95. The van der Waals surface area contributed by atoms with Crippen molar-refractivity contribution < 1.29 is 0 Å². The average Bonchev–Trinajstić information content (AvgIpc) is 3.18. The van der Waals surface area contributed by atoms with Crippen molar-refractivity contribution in [1.29, 1.82) is 0 Å². The molecular weight excluding hydrogens is 256 g/mol. The second-order valence-electron chi connectivity index (χ2n) is 6.42. The van der Waals surface area contributed by atoms with Crippen LogP contribution in [-0.2, 0) is 6.54 Å². The highest BCUT2D eigenvalue weighted by Crippen LogP contribution is 2.44. The van der Waals surface area contributed by atoms with Crippen LogP contribution in [0.15, 0.2) is 24.3 Å². The van der Waals surface area contributed by atoms with Gasteiger partial charge < -0.3 is 5.32 Å². The summed E-state index contributed by atoms with van der Waals surface area (Å²) < 4.78 is 0. The largest absolute Gasteiger partial charge is 0.311 e. The van der Waals surface area contributed by atoms with Gasteiger partial charge in [-0.25, -0.2) is 0 Å². The molecule has 1 N–H and O–H groups in total. The van der Waals surface area contributed by atoms with Crippen LogP contribution in [0.4, 0.5) is 0 Å². The van der Waals surface area contributed by atoms with Crippen molar-refractivity contribution in [3.63, 3.8) is 0 Å². The zero-order chi connectivity index (χ0) is 13.5. The van der Waals surface area contributed by atoms with Gasteiger partial charge in [0.25, 0.3) is 0 Å². The van der Waals surface area contributed by atoms with Gasteiger partial charge in [-0.3, -0.25) is 4.90 Å². The fraction of sp³-hybridized carbons (Fsp3) is 0.625. The molecule has 2 aliphatic rings. The molecule has 1 saturated heterocycles. The van der Waals surface area contributed by atoms with E-state index in [-0.39, 0.29) is 0 Å². The predicted octanol–water partition coefficient (Wildman–Crippen LogP) is 3.30. The van der Waals surface area contributed by atoms with Crippen molar-refractivity contribution >= 4 is 11.6 Å². The van der Waals surface area contributed by atoms with Crippen molar-refractivity contribution in [2.45, 2.75) is 44.8 Å². The van der Waals surface area contributed by atoms with Gasteiger partial charge >= 0.3 is 0 Å². The summed E-state index contributed by atoms with van der Waals surface area (Å²) in [5.41, 5.74) is 1.64. The van der Waals surface area contributed by atoms with E-state index in [1.54, 1.807) is 0 Å². The van der Waals surface area contributed by atoms with E-state index in [4.69, 9.17) is 11.6 Å². The van der Waals surface area contributed by atoms with Crippen LogP contribution in [0.5, 0.6) is 0 Å². The zero-order valence-corrected chi connectivity index (χ0v) is 12.6. The lowest BCUT2D eigenvalue weighted by Crippen LogP contribution is -2.63. The van der Waals surface area contributed by atoms with Gasteiger partial charge in [0.05, 0.1) is 0 Å². The van der Waals surface area contributed by atoms with E-state index in [9.17, 15) is 0 Å². The van der Waals surface area contributed by atoms with Gasteiger partial charge in [-0.05, 0) is 50.3 Å². The lowest BCUT2D eigenvalue weighted by Gasteiger charge is -2.48. The Bertz CT molecular complexity index is 458. The summed E-state index contributed by atoms with van der Waals surface area (Å²) in [7, 11) is 0. The van der Waals surface area contributed by atoms with E-state index >= 15 is 0 Å². The molecule has 1 aliphatic carbocycles. The summed E-state index contributed by atoms with van der Waals surface area (Å²) in [5, 5.41) is 4.49. The zero-order valence-electron chi connectivity index (χ0n) is 11.8. The first kappa shape index (κ1) is 13.4. The molecule has 0 radical (unpaired) electrons. The fourth-order valence-corrected chi connectivity index (χ4v) is 3.52. The van der Waals surface area contributed by atoms with Gasteiger partial charge in [-0.1, -0.05) is 23.7 Å². The van der Waals surface area contributed by atoms with E-state index in [0.29, 0.717) is 11.6 Å². The molecule has 2 unspecified atom stereocenters. The number of hydrogen-bond donors (Lipinski definition) is 1. The summed E-state index contributed by atoms with van der Waals surface area (Å²) in [6.07, 6.45) is 2.78. The van der Waals surface area contributed by atoms with Gasteiger partial charge in [-0.2, -0.15) is 0 Å². The highest BCUT2D eigenvalue weighted by molar-refractivity contribution is 6.30. The molecule has 0 aromatic heterocycles. The van der Waals surface area contributed by atoms with Crippen molar-refractivity contribution in [3.8, 4) is 0 Å². The average molecular weight is 279 g/mol. The standard InChI is InChI=1S/C16H23ClN2/c1-12-9-19(10-13-4-3-5-15(17)8-13)16(2,11-18-12)14-6-7-14/h3-5,8,12,14,18H,6-7,9-11H2,1-2H3. The van der Waals surface area contributed by atoms with Crippen LogP contribution >= 0.6 is 11.6 Å². The van der Waals surface area contributed by atoms with Gasteiger partial charge in [0, 0.05) is 36.2 Å². The molecule has 0 amide bonds. The Kier molecular flexibility index (Phi) is 3.59. The molecule has 104 valence electrons. The first-order valence-corrected chi connectivity index (χ1v) is 7.68. The Balaban J connectivity index is 1.79. The number of nitrogens with zero attached hydrogens (tertiary/aromatic N) is 1. The summed E-state index contributed by atoms with van der Waals surface area (Å²) >= 11 is 6.11. The smallest absolute Gasteiger partial charge is 0.0409 e. The van der Waals surface area contributed by atoms with E-state index in [1.165, 1.54) is 18.4 Å². The maximum Gasteiger partial charge on any atom is 0.0409 e. The van der Waals surface area contributed by atoms with E-state index < -0.39 is 0 Å². The number of nitrogens with one attached hydrogen (secondary N) is 1. The van der Waals surface area contributed by atoms with Crippen LogP contribution < -0.4 is 5.32 Å². The van der Waals surface area contributed by atoms with Gasteiger partial charge in [0.15, 0.2) is 0 Å². The molecule has 2 fully saturated rings. The normalized spacial score (nSPS) is 32.5. The van der Waals surface area contributed by atoms with Gasteiger partial charge in [0.2, 0.25) is 0 Å². The lowest BCUT2D eigenvalue weighted by atomic mass is 9.89. The highest BCUT2D eigenvalue weighted by atomic mass is 35.5. The minimum atomic E-state index is 0.314. The molecule has 1 aromatic carbocycles. The van der Waals surface area contributed by atoms with Crippen molar-refractivity contribution in [2.24, 2.45) is 5.92 Å². The highest BCUT2D eigenvalue weighted by Gasteiger charge is 2.47. The van der Waals surface area contributed by atoms with Crippen molar-refractivity contribution in [2.75, 3.05) is 13.1 Å². The Hall–Kier alpha value is -0.570. The van der Waals surface area contributed by atoms with E-state index in [0.717, 1.165) is 30.6 Å². The second kappa shape index (κ2) is 5.08. The Labute approximate surface area is 121 Å². The third-order valence-corrected chi connectivity index (χ3v) is 4.98. The van der Waals surface area contributed by atoms with Gasteiger partial charge in [-0.15, -0.1) is 0 Å². The third-order valence-electron chi connectivity index (χ3n) is 4.74. The predicted molar refractivity (Wildman–Crippen MR) is 80.5 cm³/mol. The van der Waals surface area contributed by atoms with E-state index in [1.807, 2.05) is 6.07 Å². The molecule has 0 bridgehead atoms. The Morgan fingerprint density at radius 2 is 2.21 bits per heavy atom. The second-order valence-corrected chi connectivity index (χ2v) is 6.86. The molecule has 1 aromatic rings. The molecule has 2 atom stereocenters. The first-order chi connectivity index (χ1) is 9.08. The molecule has 1 aliphatic heterocycles. The molecule has 0 spiro atoms. The maximum absolute atomic E-state index is 6.11. The number of hydrogen-bond acceptors (Lipinski definition) is 2. The molecule has 1 heterocycles. The lowest BCUT2D eigenvalue weighted by molar-refractivity contribution is 0.0312. The van der Waals surface area contributed by atoms with E-state index in [2.05, 4.69) is 42.3 Å². The SMILES string of the molecule is CC1CN(Cc2cccc(Cl)c2)C(C)(C2CC2)CN1. The number of rotatable bonds is 3. The molecule has 3 rings (SSSR count). The van der Waals surface area contributed by atoms with Crippen LogP contribution in [0.1, 0.15) is 32.3 Å². The molecule has 2 nitrogen and oxygen atoms in total. The van der Waals surface area contributed by atoms with Crippen LogP contribution in [-0.4, -0.2) is 29.6 Å². The number of benzene rings is 1. The summed E-state index contributed by atoms with van der Waals surface area (Å²) in [4.78, 5) is 2.66. The number of halogens is 1. The van der Waals surface area contributed by atoms with Crippen LogP contribution in [0.25, 0.3) is 0 Å². The van der Waals surface area contributed by atoms with Crippen LogP contribution in [0.2, 0.25) is 5.02 Å². The minimum absolute atomic E-state index is 0.314. The molecule has 1 saturated carbocycles. The van der Waals surface area contributed by atoms with Crippen molar-refractivity contribution in [3.05, 3.63) is 34.9 Å². The third kappa shape index (κ3) is 2.81. The van der Waals surface area contributed by atoms with Crippen LogP contribution in [0.3, 0.4) is 0 Å². The fourth-order valence-electron chi connectivity index (χ4n) is 3.30. The monoisotopic (exact) mass is 278 g/mol. The molecular formula is C16H23ClN2. The van der Waals surface area contributed by atoms with Gasteiger partial charge in [0.1, 0.15) is 0 Å². The molecule has 19 heavy (non-hydrogen) atoms. The topological polar surface area (TPSA) is 15.3 Å².